The number of anilines is 1. The number of rotatable bonds is 6. The molecule has 0 aliphatic carbocycles. The first-order valence-electron chi connectivity index (χ1n) is 10.3. The second-order valence-electron chi connectivity index (χ2n) is 8.16. The first-order valence-corrected chi connectivity index (χ1v) is 10.3. The maximum absolute atomic E-state index is 15.1. The molecule has 7 nitrogen and oxygen atoms in total. The topological polar surface area (TPSA) is 72.4 Å². The van der Waals surface area contributed by atoms with Gasteiger partial charge >= 0.3 is 0 Å². The fourth-order valence-corrected chi connectivity index (χ4v) is 3.99. The van der Waals surface area contributed by atoms with Gasteiger partial charge in [-0.2, -0.15) is 11.0 Å². The molecule has 4 N–H and O–H groups in total. The number of nitrogens with two attached hydrogens (primary N) is 1. The number of amidine groups is 1. The van der Waals surface area contributed by atoms with Crippen LogP contribution in [0.15, 0.2) is 35.6 Å². The summed E-state index contributed by atoms with van der Waals surface area (Å²) < 4.78 is 29.1. The van der Waals surface area contributed by atoms with E-state index in [2.05, 4.69) is 50.9 Å². The van der Waals surface area contributed by atoms with Gasteiger partial charge in [0.1, 0.15) is 17.2 Å². The number of nitrogens with one attached hydrogen (secondary N) is 2. The van der Waals surface area contributed by atoms with Crippen molar-refractivity contribution in [3.63, 3.8) is 0 Å². The number of hydrazone groups is 1. The Morgan fingerprint density at radius 2 is 1.93 bits per heavy atom. The lowest BCUT2D eigenvalue weighted by Gasteiger charge is -2.36. The molecule has 4 rings (SSSR count). The molecular formula is C21H28F2N7+. The summed E-state index contributed by atoms with van der Waals surface area (Å²) in [6.45, 7) is 7.67. The third kappa shape index (κ3) is 4.58. The van der Waals surface area contributed by atoms with Crippen LogP contribution in [-0.4, -0.2) is 41.9 Å². The van der Waals surface area contributed by atoms with Crippen molar-refractivity contribution in [2.75, 3.05) is 31.1 Å². The van der Waals surface area contributed by atoms with Crippen LogP contribution in [-0.2, 0) is 13.0 Å². The summed E-state index contributed by atoms with van der Waals surface area (Å²) in [7, 11) is 0. The Morgan fingerprint density at radius 1 is 1.13 bits per heavy atom. The molecule has 1 fully saturated rings. The molecule has 0 amide bonds. The molecule has 0 bridgehead atoms. The average molecular weight is 417 g/mol. The largest absolute Gasteiger partial charge is 0.368 e. The number of nitrogens with zero attached hydrogens (tertiary/aromatic N) is 4. The van der Waals surface area contributed by atoms with Gasteiger partial charge in [0, 0.05) is 38.9 Å². The van der Waals surface area contributed by atoms with Gasteiger partial charge in [0.15, 0.2) is 0 Å². The number of hydrogen-bond acceptors (Lipinski definition) is 6. The van der Waals surface area contributed by atoms with E-state index in [9.17, 15) is 4.39 Å². The van der Waals surface area contributed by atoms with E-state index in [0.717, 1.165) is 43.9 Å². The first-order chi connectivity index (χ1) is 14.5. The van der Waals surface area contributed by atoms with Crippen LogP contribution < -0.4 is 21.4 Å². The second-order valence-corrected chi connectivity index (χ2v) is 8.16. The van der Waals surface area contributed by atoms with Crippen LogP contribution in [0.5, 0.6) is 0 Å². The summed E-state index contributed by atoms with van der Waals surface area (Å²) in [6, 6.07) is 6.74. The first kappa shape index (κ1) is 20.6. The Hall–Kier alpha value is -2.62. The molecule has 0 unspecified atom stereocenters. The van der Waals surface area contributed by atoms with E-state index in [0.29, 0.717) is 29.6 Å². The number of hydrogen-bond donors (Lipinski definition) is 3. The molecule has 3 heterocycles. The van der Waals surface area contributed by atoms with Crippen LogP contribution in [0.3, 0.4) is 0 Å². The minimum absolute atomic E-state index is 0.262. The minimum Gasteiger partial charge on any atom is -0.368 e. The van der Waals surface area contributed by atoms with Crippen molar-refractivity contribution >= 4 is 11.5 Å². The highest BCUT2D eigenvalue weighted by molar-refractivity contribution is 5.98. The van der Waals surface area contributed by atoms with Gasteiger partial charge in [-0.15, -0.1) is 5.10 Å². The van der Waals surface area contributed by atoms with Gasteiger partial charge in [-0.25, -0.2) is 8.78 Å². The van der Waals surface area contributed by atoms with Crippen molar-refractivity contribution < 1.29 is 14.2 Å². The quantitative estimate of drug-likeness (QED) is 0.616. The van der Waals surface area contributed by atoms with Crippen LogP contribution in [0, 0.1) is 17.6 Å². The van der Waals surface area contributed by atoms with Crippen molar-refractivity contribution in [1.29, 1.82) is 0 Å². The van der Waals surface area contributed by atoms with Crippen LogP contribution in [0.4, 0.5) is 14.5 Å². The lowest BCUT2D eigenvalue weighted by molar-refractivity contribution is -0.601. The Balaban J connectivity index is 1.54. The summed E-state index contributed by atoms with van der Waals surface area (Å²) in [5, 5.41) is 4.17. The Bertz CT molecular complexity index is 924. The normalized spacial score (nSPS) is 17.4. The monoisotopic (exact) mass is 416 g/mol. The standard InChI is InChI=1S/C21H27F2N7/c1-14(2)10-15-11-17(23)20(21-25-27-28-26-21)19(12-15)30-8-6-29(7-9-30)13-18-16(22)4-3-5-24-18/h3-5,11-12,14,27-28H,6-10,13H2,1-2H3,(H,25,26)/p+1. The molecule has 0 radical (unpaired) electrons. The zero-order valence-electron chi connectivity index (χ0n) is 17.3. The molecular weight excluding hydrogens is 388 g/mol. The second kappa shape index (κ2) is 9.03. The van der Waals surface area contributed by atoms with Crippen molar-refractivity contribution in [3.05, 3.63) is 58.9 Å². The van der Waals surface area contributed by atoms with Gasteiger partial charge in [0.25, 0.3) is 5.84 Å². The number of piperazine rings is 1. The van der Waals surface area contributed by atoms with Gasteiger partial charge in [0.05, 0.1) is 11.4 Å². The number of hydrazine groups is 1. The Kier molecular flexibility index (Phi) is 6.21. The molecule has 1 aromatic heterocycles. The van der Waals surface area contributed by atoms with E-state index in [1.54, 1.807) is 23.8 Å². The third-order valence-corrected chi connectivity index (χ3v) is 5.40. The van der Waals surface area contributed by atoms with Gasteiger partial charge in [0.2, 0.25) is 0 Å². The smallest absolute Gasteiger partial charge is 0.275 e. The highest BCUT2D eigenvalue weighted by Gasteiger charge is 2.28. The zero-order chi connectivity index (χ0) is 21.1. The van der Waals surface area contributed by atoms with Crippen LogP contribution in [0.1, 0.15) is 30.7 Å². The predicted molar refractivity (Wildman–Crippen MR) is 111 cm³/mol. The fraction of sp³-hybridized carbons (Fsp3) is 0.429. The summed E-state index contributed by atoms with van der Waals surface area (Å²) in [5.41, 5.74) is 9.94. The molecule has 9 heteroatoms. The average Bonchev–Trinajstić information content (AvgIpc) is 3.24. The van der Waals surface area contributed by atoms with E-state index in [-0.39, 0.29) is 11.6 Å². The highest BCUT2D eigenvalue weighted by Crippen LogP contribution is 2.28. The molecule has 30 heavy (non-hydrogen) atoms. The number of aromatic nitrogens is 1. The van der Waals surface area contributed by atoms with Crippen molar-refractivity contribution in [2.24, 2.45) is 11.0 Å². The maximum atomic E-state index is 15.1. The molecule has 2 aliphatic heterocycles. The SMILES string of the molecule is CC(C)Cc1cc(F)c(C2=NNN[NH2+]2)c(N2CCN(Cc3ncccc3F)CC2)c1. The van der Waals surface area contributed by atoms with E-state index in [4.69, 9.17) is 0 Å². The molecule has 2 aliphatic rings. The van der Waals surface area contributed by atoms with E-state index in [1.165, 1.54) is 6.07 Å². The van der Waals surface area contributed by atoms with E-state index in [1.807, 2.05) is 0 Å². The molecule has 1 saturated heterocycles. The van der Waals surface area contributed by atoms with Gasteiger partial charge in [-0.3, -0.25) is 9.88 Å². The summed E-state index contributed by atoms with van der Waals surface area (Å²) >= 11 is 0. The summed E-state index contributed by atoms with van der Waals surface area (Å²) in [6.07, 6.45) is 2.43. The molecule has 1 aromatic carbocycles. The highest BCUT2D eigenvalue weighted by atomic mass is 19.1. The number of quaternary nitrogens is 1. The number of halogens is 2. The van der Waals surface area contributed by atoms with Crippen LogP contribution in [0.2, 0.25) is 0 Å². The predicted octanol–water partition coefficient (Wildman–Crippen LogP) is 1.13. The number of pyridine rings is 1. The van der Waals surface area contributed by atoms with Gasteiger partial charge < -0.3 is 4.90 Å². The molecule has 0 atom stereocenters. The van der Waals surface area contributed by atoms with E-state index < -0.39 is 0 Å². The van der Waals surface area contributed by atoms with Crippen LogP contribution in [0.25, 0.3) is 0 Å². The number of benzene rings is 1. The molecule has 160 valence electrons. The van der Waals surface area contributed by atoms with Crippen LogP contribution >= 0.6 is 0 Å². The third-order valence-electron chi connectivity index (χ3n) is 5.40. The van der Waals surface area contributed by atoms with Gasteiger partial charge in [-0.05, 0) is 42.2 Å². The lowest BCUT2D eigenvalue weighted by atomic mass is 9.98. The summed E-state index contributed by atoms with van der Waals surface area (Å²) in [5.74, 6) is 0.450. The fourth-order valence-electron chi connectivity index (χ4n) is 3.99. The lowest BCUT2D eigenvalue weighted by Crippen LogP contribution is -2.95. The summed E-state index contributed by atoms with van der Waals surface area (Å²) in [4.78, 5) is 8.53. The van der Waals surface area contributed by atoms with E-state index >= 15 is 4.39 Å². The molecule has 2 aromatic rings. The minimum atomic E-state index is -0.277. The van der Waals surface area contributed by atoms with Crippen molar-refractivity contribution in [3.8, 4) is 0 Å². The zero-order valence-corrected chi connectivity index (χ0v) is 17.3. The Labute approximate surface area is 175 Å². The molecule has 0 spiro atoms. The van der Waals surface area contributed by atoms with Gasteiger partial charge in [-0.1, -0.05) is 19.4 Å². The Morgan fingerprint density at radius 3 is 2.60 bits per heavy atom. The molecule has 0 saturated carbocycles. The maximum Gasteiger partial charge on any atom is 0.275 e. The van der Waals surface area contributed by atoms with Crippen molar-refractivity contribution in [2.45, 2.75) is 26.8 Å². The van der Waals surface area contributed by atoms with Crippen molar-refractivity contribution in [1.82, 2.24) is 21.0 Å².